The minimum atomic E-state index is -2.28. The molecule has 0 spiro atoms. The first kappa shape index (κ1) is 9.27. The Kier molecular flexibility index (Phi) is 2.29. The molecule has 14 heavy (non-hydrogen) atoms. The number of hydrogen-bond donors (Lipinski definition) is 0. The third-order valence-corrected chi connectivity index (χ3v) is 2.77. The fourth-order valence-electron chi connectivity index (χ4n) is 1.21. The van der Waals surface area contributed by atoms with E-state index in [1.54, 1.807) is 12.1 Å². The van der Waals surface area contributed by atoms with Gasteiger partial charge in [0.05, 0.1) is 0 Å². The zero-order chi connectivity index (χ0) is 10.1. The summed E-state index contributed by atoms with van der Waals surface area (Å²) in [5, 5.41) is 2.62. The summed E-state index contributed by atoms with van der Waals surface area (Å²) in [5.74, 6) is -1.45. The number of fused-ring (bicyclic) bond motifs is 1. The maximum absolute atomic E-state index is 12.8. The second kappa shape index (κ2) is 3.46. The predicted molar refractivity (Wildman–Crippen MR) is 52.1 cm³/mol. The summed E-state index contributed by atoms with van der Waals surface area (Å²) in [6.07, 6.45) is -2.28. The lowest BCUT2D eigenvalue weighted by atomic mass is 10.1. The first-order valence-electron chi connectivity index (χ1n) is 3.87. The van der Waals surface area contributed by atoms with E-state index in [1.165, 1.54) is 23.5 Å². The highest BCUT2D eigenvalue weighted by atomic mass is 32.1. The minimum Gasteiger partial charge on any atom is -0.200 e. The Balaban J connectivity index is 2.60. The van der Waals surface area contributed by atoms with Crippen LogP contribution in [0, 0.1) is 0 Å². The SMILES string of the molecule is FC(F)=C(F)c1ccc2sccc2c1. The van der Waals surface area contributed by atoms with Crippen LogP contribution in [-0.2, 0) is 0 Å². The lowest BCUT2D eigenvalue weighted by Gasteiger charge is -1.96. The van der Waals surface area contributed by atoms with Gasteiger partial charge in [-0.3, -0.25) is 0 Å². The Hall–Kier alpha value is -1.29. The first-order valence-corrected chi connectivity index (χ1v) is 4.75. The van der Waals surface area contributed by atoms with Crippen LogP contribution in [0.25, 0.3) is 15.9 Å². The summed E-state index contributed by atoms with van der Waals surface area (Å²) in [6.45, 7) is 0. The summed E-state index contributed by atoms with van der Waals surface area (Å²) in [4.78, 5) is 0. The molecule has 0 radical (unpaired) electrons. The van der Waals surface area contributed by atoms with Crippen LogP contribution in [0.5, 0.6) is 0 Å². The standard InChI is InChI=1S/C10H5F3S/c11-9(10(12)13)7-1-2-8-6(5-7)3-4-14-8/h1-5H. The monoisotopic (exact) mass is 214 g/mol. The summed E-state index contributed by atoms with van der Waals surface area (Å²) in [6, 6.07) is 6.18. The Labute approximate surface area is 82.3 Å². The Morgan fingerprint density at radius 2 is 1.86 bits per heavy atom. The molecule has 0 aliphatic rings. The van der Waals surface area contributed by atoms with Crippen molar-refractivity contribution in [3.8, 4) is 0 Å². The van der Waals surface area contributed by atoms with Crippen molar-refractivity contribution in [2.24, 2.45) is 0 Å². The quantitative estimate of drug-likeness (QED) is 0.658. The van der Waals surface area contributed by atoms with Gasteiger partial charge >= 0.3 is 6.08 Å². The van der Waals surface area contributed by atoms with Gasteiger partial charge in [-0.1, -0.05) is 6.07 Å². The number of benzene rings is 1. The molecule has 0 saturated carbocycles. The molecule has 2 aromatic rings. The normalized spacial score (nSPS) is 10.5. The molecule has 1 aromatic carbocycles. The van der Waals surface area contributed by atoms with Crippen LogP contribution >= 0.6 is 11.3 Å². The van der Waals surface area contributed by atoms with Crippen LogP contribution in [0.15, 0.2) is 35.7 Å². The average molecular weight is 214 g/mol. The molecular formula is C10H5F3S. The molecule has 0 bridgehead atoms. The van der Waals surface area contributed by atoms with Crippen LogP contribution in [0.2, 0.25) is 0 Å². The van der Waals surface area contributed by atoms with E-state index in [1.807, 2.05) is 5.38 Å². The van der Waals surface area contributed by atoms with Crippen molar-refractivity contribution in [2.45, 2.75) is 0 Å². The lowest BCUT2D eigenvalue weighted by Crippen LogP contribution is -1.78. The highest BCUT2D eigenvalue weighted by Gasteiger charge is 2.08. The Morgan fingerprint density at radius 3 is 2.57 bits per heavy atom. The van der Waals surface area contributed by atoms with Gasteiger partial charge in [0.2, 0.25) is 0 Å². The van der Waals surface area contributed by atoms with E-state index in [9.17, 15) is 13.2 Å². The van der Waals surface area contributed by atoms with E-state index in [0.717, 1.165) is 10.1 Å². The van der Waals surface area contributed by atoms with Crippen molar-refractivity contribution < 1.29 is 13.2 Å². The van der Waals surface area contributed by atoms with E-state index in [0.29, 0.717) is 0 Å². The van der Waals surface area contributed by atoms with Crippen molar-refractivity contribution in [1.29, 1.82) is 0 Å². The third kappa shape index (κ3) is 1.53. The molecule has 4 heteroatoms. The summed E-state index contributed by atoms with van der Waals surface area (Å²) in [7, 11) is 0. The highest BCUT2D eigenvalue weighted by molar-refractivity contribution is 7.17. The molecule has 72 valence electrons. The molecule has 0 unspecified atom stereocenters. The van der Waals surface area contributed by atoms with E-state index in [4.69, 9.17) is 0 Å². The smallest absolute Gasteiger partial charge is 0.200 e. The first-order chi connectivity index (χ1) is 6.68. The van der Waals surface area contributed by atoms with Gasteiger partial charge in [0.15, 0.2) is 5.83 Å². The molecule has 1 heterocycles. The number of thiophene rings is 1. The molecule has 0 fully saturated rings. The maximum Gasteiger partial charge on any atom is 0.306 e. The largest absolute Gasteiger partial charge is 0.306 e. The van der Waals surface area contributed by atoms with Crippen molar-refractivity contribution in [1.82, 2.24) is 0 Å². The molecule has 1 aromatic heterocycles. The fourth-order valence-corrected chi connectivity index (χ4v) is 1.98. The van der Waals surface area contributed by atoms with Gasteiger partial charge in [-0.25, -0.2) is 4.39 Å². The molecule has 0 amide bonds. The molecule has 0 aliphatic carbocycles. The Morgan fingerprint density at radius 1 is 1.07 bits per heavy atom. The molecule has 0 saturated heterocycles. The topological polar surface area (TPSA) is 0 Å². The maximum atomic E-state index is 12.8. The zero-order valence-electron chi connectivity index (χ0n) is 6.93. The van der Waals surface area contributed by atoms with E-state index < -0.39 is 11.9 Å². The molecular weight excluding hydrogens is 209 g/mol. The van der Waals surface area contributed by atoms with Gasteiger partial charge in [-0.05, 0) is 29.0 Å². The molecule has 0 atom stereocenters. The predicted octanol–water partition coefficient (Wildman–Crippen LogP) is 4.44. The second-order valence-corrected chi connectivity index (χ2v) is 3.70. The van der Waals surface area contributed by atoms with E-state index >= 15 is 0 Å². The van der Waals surface area contributed by atoms with Crippen LogP contribution in [-0.4, -0.2) is 0 Å². The zero-order valence-corrected chi connectivity index (χ0v) is 7.75. The lowest BCUT2D eigenvalue weighted by molar-refractivity contribution is 0.410. The van der Waals surface area contributed by atoms with Crippen LogP contribution in [0.3, 0.4) is 0 Å². The summed E-state index contributed by atoms with van der Waals surface area (Å²) < 4.78 is 37.7. The van der Waals surface area contributed by atoms with Crippen molar-refractivity contribution >= 4 is 27.2 Å². The van der Waals surface area contributed by atoms with Crippen molar-refractivity contribution in [2.75, 3.05) is 0 Å². The van der Waals surface area contributed by atoms with Crippen molar-refractivity contribution in [3.63, 3.8) is 0 Å². The summed E-state index contributed by atoms with van der Waals surface area (Å²) in [5.41, 5.74) is -0.0732. The fraction of sp³-hybridized carbons (Fsp3) is 0. The average Bonchev–Trinajstić information content (AvgIpc) is 2.62. The van der Waals surface area contributed by atoms with Crippen LogP contribution in [0.4, 0.5) is 13.2 Å². The summed E-state index contributed by atoms with van der Waals surface area (Å²) >= 11 is 1.49. The second-order valence-electron chi connectivity index (χ2n) is 2.75. The molecule has 2 rings (SSSR count). The highest BCUT2D eigenvalue weighted by Crippen LogP contribution is 2.27. The number of halogens is 3. The molecule has 0 nitrogen and oxygen atoms in total. The van der Waals surface area contributed by atoms with Gasteiger partial charge in [-0.2, -0.15) is 8.78 Å². The third-order valence-electron chi connectivity index (χ3n) is 1.87. The van der Waals surface area contributed by atoms with Crippen molar-refractivity contribution in [3.05, 3.63) is 41.3 Å². The van der Waals surface area contributed by atoms with Gasteiger partial charge < -0.3 is 0 Å². The minimum absolute atomic E-state index is 0.0732. The van der Waals surface area contributed by atoms with Crippen LogP contribution < -0.4 is 0 Å². The van der Waals surface area contributed by atoms with Crippen LogP contribution in [0.1, 0.15) is 5.56 Å². The van der Waals surface area contributed by atoms with Gasteiger partial charge in [0, 0.05) is 10.3 Å². The van der Waals surface area contributed by atoms with E-state index in [-0.39, 0.29) is 5.56 Å². The molecule has 0 N–H and O–H groups in total. The van der Waals surface area contributed by atoms with Gasteiger partial charge in [-0.15, -0.1) is 11.3 Å². The van der Waals surface area contributed by atoms with E-state index in [2.05, 4.69) is 0 Å². The van der Waals surface area contributed by atoms with Gasteiger partial charge in [0.1, 0.15) is 0 Å². The number of hydrogen-bond acceptors (Lipinski definition) is 1. The Bertz CT molecular complexity index is 495. The molecule has 0 aliphatic heterocycles. The number of rotatable bonds is 1. The van der Waals surface area contributed by atoms with Gasteiger partial charge in [0.25, 0.3) is 0 Å².